The Labute approximate surface area is 102 Å². The van der Waals surface area contributed by atoms with E-state index in [1.807, 2.05) is 0 Å². The van der Waals surface area contributed by atoms with Gasteiger partial charge in [0.2, 0.25) is 0 Å². The third kappa shape index (κ3) is 1.65. The fourth-order valence-corrected chi connectivity index (χ4v) is 2.74. The maximum Gasteiger partial charge on any atom is 0.116 e. The van der Waals surface area contributed by atoms with Gasteiger partial charge in [0.05, 0.1) is 11.2 Å². The van der Waals surface area contributed by atoms with Crippen LogP contribution >= 0.6 is 0 Å². The van der Waals surface area contributed by atoms with Gasteiger partial charge in [-0.15, -0.1) is 0 Å². The maximum absolute atomic E-state index is 5.68. The quantitative estimate of drug-likeness (QED) is 0.878. The highest BCUT2D eigenvalue weighted by Gasteiger charge is 2.25. The van der Waals surface area contributed by atoms with Crippen molar-refractivity contribution in [2.24, 2.45) is 5.73 Å². The first-order valence-corrected chi connectivity index (χ1v) is 6.47. The zero-order chi connectivity index (χ0) is 11.8. The Morgan fingerprint density at radius 3 is 2.94 bits per heavy atom. The van der Waals surface area contributed by atoms with Gasteiger partial charge >= 0.3 is 0 Å². The number of hydrogen-bond acceptors (Lipinski definition) is 2. The molecule has 3 rings (SSSR count). The number of nitrogens with two attached hydrogens (primary N) is 1. The van der Waals surface area contributed by atoms with Crippen molar-refractivity contribution in [3.05, 3.63) is 35.4 Å². The van der Waals surface area contributed by atoms with E-state index < -0.39 is 0 Å². The van der Waals surface area contributed by atoms with Crippen LogP contribution in [0.1, 0.15) is 42.3 Å². The number of fused-ring (bicyclic) bond motifs is 1. The molecule has 0 amide bonds. The normalized spacial score (nSPS) is 16.4. The molecule has 2 aromatic heterocycles. The molecule has 2 aromatic rings. The third-order valence-electron chi connectivity index (χ3n) is 3.83. The molecule has 1 fully saturated rings. The smallest absolute Gasteiger partial charge is 0.116 e. The van der Waals surface area contributed by atoms with Gasteiger partial charge in [0.25, 0.3) is 0 Å². The minimum atomic E-state index is 0.671. The van der Waals surface area contributed by atoms with Crippen molar-refractivity contribution in [2.45, 2.75) is 38.5 Å². The molecule has 90 valence electrons. The molecule has 0 aliphatic heterocycles. The third-order valence-corrected chi connectivity index (χ3v) is 3.83. The van der Waals surface area contributed by atoms with E-state index in [2.05, 4.69) is 29.7 Å². The number of rotatable bonds is 3. The van der Waals surface area contributed by atoms with E-state index in [1.165, 1.54) is 36.2 Å². The SMILES string of the molecule is Cc1nc(C2CCC2)n2cccc(CCN)c12. The summed E-state index contributed by atoms with van der Waals surface area (Å²) in [6.07, 6.45) is 7.00. The standard InChI is InChI=1S/C14H19N3/c1-10-13-11(7-8-15)6-3-9-17(13)14(16-10)12-4-2-5-12/h3,6,9,12H,2,4-5,7-8,15H2,1H3. The Bertz CT molecular complexity index is 538. The Hall–Kier alpha value is -1.35. The van der Waals surface area contributed by atoms with Crippen LogP contribution in [0.3, 0.4) is 0 Å². The van der Waals surface area contributed by atoms with Crippen molar-refractivity contribution in [1.29, 1.82) is 0 Å². The molecule has 2 heterocycles. The van der Waals surface area contributed by atoms with E-state index in [4.69, 9.17) is 10.7 Å². The molecule has 2 N–H and O–H groups in total. The van der Waals surface area contributed by atoms with Crippen LogP contribution in [0.25, 0.3) is 5.52 Å². The summed E-state index contributed by atoms with van der Waals surface area (Å²) in [6, 6.07) is 4.28. The molecule has 0 bridgehead atoms. The molecule has 1 aliphatic carbocycles. The minimum Gasteiger partial charge on any atom is -0.330 e. The summed E-state index contributed by atoms with van der Waals surface area (Å²) in [5.41, 5.74) is 9.43. The molecular weight excluding hydrogens is 210 g/mol. The van der Waals surface area contributed by atoms with Gasteiger partial charge in [0.1, 0.15) is 5.82 Å². The van der Waals surface area contributed by atoms with Crippen molar-refractivity contribution in [1.82, 2.24) is 9.38 Å². The van der Waals surface area contributed by atoms with Gasteiger partial charge < -0.3 is 10.1 Å². The van der Waals surface area contributed by atoms with Crippen LogP contribution in [0.2, 0.25) is 0 Å². The number of pyridine rings is 1. The second-order valence-corrected chi connectivity index (χ2v) is 4.97. The Balaban J connectivity index is 2.16. The van der Waals surface area contributed by atoms with Gasteiger partial charge in [-0.05, 0) is 44.4 Å². The average Bonchev–Trinajstić information content (AvgIpc) is 2.56. The van der Waals surface area contributed by atoms with Crippen LogP contribution < -0.4 is 5.73 Å². The van der Waals surface area contributed by atoms with E-state index in [0.29, 0.717) is 12.5 Å². The molecule has 0 saturated heterocycles. The van der Waals surface area contributed by atoms with E-state index in [1.54, 1.807) is 0 Å². The zero-order valence-corrected chi connectivity index (χ0v) is 10.3. The first kappa shape index (κ1) is 10.8. The molecule has 1 aliphatic rings. The molecule has 17 heavy (non-hydrogen) atoms. The molecule has 1 saturated carbocycles. The summed E-state index contributed by atoms with van der Waals surface area (Å²) in [7, 11) is 0. The number of aromatic nitrogens is 2. The molecule has 0 radical (unpaired) electrons. The summed E-state index contributed by atoms with van der Waals surface area (Å²) >= 11 is 0. The molecule has 0 aromatic carbocycles. The molecule has 0 unspecified atom stereocenters. The van der Waals surface area contributed by atoms with Crippen molar-refractivity contribution in [2.75, 3.05) is 6.54 Å². The van der Waals surface area contributed by atoms with Crippen molar-refractivity contribution in [3.8, 4) is 0 Å². The number of hydrogen-bond donors (Lipinski definition) is 1. The number of imidazole rings is 1. The van der Waals surface area contributed by atoms with Crippen LogP contribution in [-0.4, -0.2) is 15.9 Å². The number of nitrogens with zero attached hydrogens (tertiary/aromatic N) is 2. The van der Waals surface area contributed by atoms with E-state index in [9.17, 15) is 0 Å². The van der Waals surface area contributed by atoms with Crippen LogP contribution in [0.5, 0.6) is 0 Å². The lowest BCUT2D eigenvalue weighted by molar-refractivity contribution is 0.400. The van der Waals surface area contributed by atoms with Crippen LogP contribution in [-0.2, 0) is 6.42 Å². The second-order valence-electron chi connectivity index (χ2n) is 4.97. The van der Waals surface area contributed by atoms with Gasteiger partial charge in [-0.1, -0.05) is 12.5 Å². The van der Waals surface area contributed by atoms with E-state index in [-0.39, 0.29) is 0 Å². The molecule has 3 heteroatoms. The molecule has 0 spiro atoms. The lowest BCUT2D eigenvalue weighted by atomic mass is 9.85. The van der Waals surface area contributed by atoms with E-state index >= 15 is 0 Å². The van der Waals surface area contributed by atoms with Crippen molar-refractivity contribution < 1.29 is 0 Å². The first-order valence-electron chi connectivity index (χ1n) is 6.47. The first-order chi connectivity index (χ1) is 8.31. The highest BCUT2D eigenvalue weighted by molar-refractivity contribution is 5.60. The van der Waals surface area contributed by atoms with Gasteiger partial charge in [-0.3, -0.25) is 0 Å². The fraction of sp³-hybridized carbons (Fsp3) is 0.500. The summed E-state index contributed by atoms with van der Waals surface area (Å²) in [6.45, 7) is 2.81. The van der Waals surface area contributed by atoms with Gasteiger partial charge in [-0.2, -0.15) is 0 Å². The Morgan fingerprint density at radius 1 is 1.47 bits per heavy atom. The Kier molecular flexibility index (Phi) is 2.63. The van der Waals surface area contributed by atoms with Crippen LogP contribution in [0.15, 0.2) is 18.3 Å². The summed E-state index contributed by atoms with van der Waals surface area (Å²) in [5.74, 6) is 1.92. The zero-order valence-electron chi connectivity index (χ0n) is 10.3. The maximum atomic E-state index is 5.68. The number of aryl methyl sites for hydroxylation is 1. The predicted octanol–water partition coefficient (Wildman–Crippen LogP) is 2.41. The Morgan fingerprint density at radius 2 is 2.29 bits per heavy atom. The molecule has 0 atom stereocenters. The predicted molar refractivity (Wildman–Crippen MR) is 69.3 cm³/mol. The largest absolute Gasteiger partial charge is 0.330 e. The van der Waals surface area contributed by atoms with Gasteiger partial charge in [0, 0.05) is 12.1 Å². The lowest BCUT2D eigenvalue weighted by Gasteiger charge is -2.24. The van der Waals surface area contributed by atoms with Crippen molar-refractivity contribution in [3.63, 3.8) is 0 Å². The van der Waals surface area contributed by atoms with E-state index in [0.717, 1.165) is 12.1 Å². The summed E-state index contributed by atoms with van der Waals surface area (Å²) in [5, 5.41) is 0. The minimum absolute atomic E-state index is 0.671. The summed E-state index contributed by atoms with van der Waals surface area (Å²) in [4.78, 5) is 4.78. The van der Waals surface area contributed by atoms with Gasteiger partial charge in [0.15, 0.2) is 0 Å². The fourth-order valence-electron chi connectivity index (χ4n) is 2.74. The van der Waals surface area contributed by atoms with Gasteiger partial charge in [-0.25, -0.2) is 4.98 Å². The molecular formula is C14H19N3. The van der Waals surface area contributed by atoms with Crippen LogP contribution in [0.4, 0.5) is 0 Å². The average molecular weight is 229 g/mol. The second kappa shape index (κ2) is 4.15. The monoisotopic (exact) mass is 229 g/mol. The molecule has 3 nitrogen and oxygen atoms in total. The van der Waals surface area contributed by atoms with Crippen molar-refractivity contribution >= 4 is 5.52 Å². The van der Waals surface area contributed by atoms with Crippen LogP contribution in [0, 0.1) is 6.92 Å². The topological polar surface area (TPSA) is 43.3 Å². The summed E-state index contributed by atoms with van der Waals surface area (Å²) < 4.78 is 2.28. The highest BCUT2D eigenvalue weighted by atomic mass is 15.0. The lowest BCUT2D eigenvalue weighted by Crippen LogP contribution is -2.12. The highest BCUT2D eigenvalue weighted by Crippen LogP contribution is 2.36.